The van der Waals surface area contributed by atoms with Gasteiger partial charge in [0.15, 0.2) is 5.65 Å². The van der Waals surface area contributed by atoms with Crippen molar-refractivity contribution in [3.8, 4) is 10.6 Å². The molecule has 146 valence electrons. The minimum atomic E-state index is -0.199. The Morgan fingerprint density at radius 3 is 2.82 bits per heavy atom. The van der Waals surface area contributed by atoms with Crippen molar-refractivity contribution < 1.29 is 9.59 Å². The van der Waals surface area contributed by atoms with Crippen molar-refractivity contribution in [2.75, 3.05) is 19.6 Å². The fourth-order valence-electron chi connectivity index (χ4n) is 3.52. The molecule has 1 fully saturated rings. The number of amides is 2. The van der Waals surface area contributed by atoms with Gasteiger partial charge in [0.1, 0.15) is 0 Å². The van der Waals surface area contributed by atoms with Crippen LogP contribution in [0.25, 0.3) is 21.6 Å². The van der Waals surface area contributed by atoms with Gasteiger partial charge in [0, 0.05) is 32.6 Å². The first kappa shape index (κ1) is 18.6. The monoisotopic (exact) mass is 397 g/mol. The summed E-state index contributed by atoms with van der Waals surface area (Å²) in [5.41, 5.74) is 2.00. The maximum atomic E-state index is 12.9. The van der Waals surface area contributed by atoms with Crippen LogP contribution in [0.4, 0.5) is 0 Å². The highest BCUT2D eigenvalue weighted by atomic mass is 32.1. The molecular formula is C20H23N5O2S. The number of rotatable bonds is 6. The van der Waals surface area contributed by atoms with Gasteiger partial charge in [0.25, 0.3) is 5.91 Å². The van der Waals surface area contributed by atoms with Crippen molar-refractivity contribution in [2.45, 2.75) is 32.7 Å². The predicted octanol–water partition coefficient (Wildman–Crippen LogP) is 2.92. The van der Waals surface area contributed by atoms with Crippen LogP contribution >= 0.6 is 11.3 Å². The Morgan fingerprint density at radius 1 is 1.29 bits per heavy atom. The van der Waals surface area contributed by atoms with Gasteiger partial charge in [-0.05, 0) is 37.3 Å². The minimum absolute atomic E-state index is 0.107. The summed E-state index contributed by atoms with van der Waals surface area (Å²) in [6, 6.07) is 5.77. The first-order valence-corrected chi connectivity index (χ1v) is 10.5. The van der Waals surface area contributed by atoms with E-state index in [9.17, 15) is 9.59 Å². The molecule has 8 heteroatoms. The number of hydrogen-bond donors (Lipinski definition) is 1. The second kappa shape index (κ2) is 8.10. The number of nitrogens with one attached hydrogen (secondary N) is 1. The van der Waals surface area contributed by atoms with E-state index in [2.05, 4.69) is 10.4 Å². The van der Waals surface area contributed by atoms with E-state index in [1.165, 1.54) is 0 Å². The van der Waals surface area contributed by atoms with E-state index < -0.39 is 0 Å². The van der Waals surface area contributed by atoms with E-state index in [4.69, 9.17) is 4.98 Å². The Morgan fingerprint density at radius 2 is 2.11 bits per heavy atom. The third kappa shape index (κ3) is 3.64. The van der Waals surface area contributed by atoms with Gasteiger partial charge >= 0.3 is 0 Å². The first-order chi connectivity index (χ1) is 13.7. The summed E-state index contributed by atoms with van der Waals surface area (Å²) in [6.45, 7) is 4.66. The zero-order valence-electron chi connectivity index (χ0n) is 15.9. The van der Waals surface area contributed by atoms with Crippen LogP contribution in [-0.2, 0) is 11.3 Å². The number of hydrogen-bond acceptors (Lipinski definition) is 5. The molecule has 0 radical (unpaired) electrons. The number of fused-ring (bicyclic) bond motifs is 1. The molecule has 0 bridgehead atoms. The van der Waals surface area contributed by atoms with Gasteiger partial charge in [0.2, 0.25) is 5.91 Å². The molecule has 7 nitrogen and oxygen atoms in total. The van der Waals surface area contributed by atoms with Crippen LogP contribution < -0.4 is 5.32 Å². The third-order valence-electron chi connectivity index (χ3n) is 5.01. The largest absolute Gasteiger partial charge is 0.351 e. The van der Waals surface area contributed by atoms with Gasteiger partial charge in [-0.2, -0.15) is 5.10 Å². The lowest BCUT2D eigenvalue weighted by molar-refractivity contribution is -0.129. The van der Waals surface area contributed by atoms with E-state index in [1.54, 1.807) is 22.2 Å². The molecule has 1 aliphatic heterocycles. The van der Waals surface area contributed by atoms with E-state index in [-0.39, 0.29) is 11.8 Å². The van der Waals surface area contributed by atoms with Crippen LogP contribution in [0.15, 0.2) is 29.8 Å². The maximum absolute atomic E-state index is 12.9. The fourth-order valence-corrected chi connectivity index (χ4v) is 4.21. The molecule has 0 aliphatic carbocycles. The van der Waals surface area contributed by atoms with Crippen molar-refractivity contribution in [3.05, 3.63) is 35.3 Å². The summed E-state index contributed by atoms with van der Waals surface area (Å²) in [6.07, 6.45) is 4.15. The summed E-state index contributed by atoms with van der Waals surface area (Å²) < 4.78 is 1.79. The third-order valence-corrected chi connectivity index (χ3v) is 5.90. The van der Waals surface area contributed by atoms with Crippen molar-refractivity contribution in [2.24, 2.45) is 0 Å². The Labute approximate surface area is 167 Å². The van der Waals surface area contributed by atoms with Gasteiger partial charge in [-0.15, -0.1) is 11.3 Å². The van der Waals surface area contributed by atoms with Crippen molar-refractivity contribution in [1.82, 2.24) is 25.0 Å². The highest BCUT2D eigenvalue weighted by Gasteiger charge is 2.20. The SMILES string of the molecule is CCn1ncc2c(C(=O)NCCC(=O)N3CCCC3)cc(-c3cccs3)nc21. The lowest BCUT2D eigenvalue weighted by Gasteiger charge is -2.15. The second-order valence-corrected chi connectivity index (χ2v) is 7.77. The number of nitrogens with zero attached hydrogens (tertiary/aromatic N) is 4. The van der Waals surface area contributed by atoms with Crippen LogP contribution in [0.2, 0.25) is 0 Å². The molecule has 28 heavy (non-hydrogen) atoms. The van der Waals surface area contributed by atoms with Gasteiger partial charge in [0.05, 0.1) is 27.7 Å². The average Bonchev–Trinajstić information content (AvgIpc) is 3.48. The van der Waals surface area contributed by atoms with Crippen LogP contribution in [0.5, 0.6) is 0 Å². The van der Waals surface area contributed by atoms with Gasteiger partial charge < -0.3 is 10.2 Å². The molecule has 1 N–H and O–H groups in total. The second-order valence-electron chi connectivity index (χ2n) is 6.82. The summed E-state index contributed by atoms with van der Waals surface area (Å²) in [5.74, 6) is -0.0918. The molecule has 2 amide bonds. The van der Waals surface area contributed by atoms with E-state index >= 15 is 0 Å². The highest BCUT2D eigenvalue weighted by molar-refractivity contribution is 7.13. The molecule has 0 atom stereocenters. The van der Waals surface area contributed by atoms with Crippen LogP contribution in [0, 0.1) is 0 Å². The molecule has 0 spiro atoms. The number of carbonyl (C=O) groups excluding carboxylic acids is 2. The van der Waals surface area contributed by atoms with Gasteiger partial charge in [-0.1, -0.05) is 6.07 Å². The molecule has 3 aromatic rings. The zero-order chi connectivity index (χ0) is 19.5. The lowest BCUT2D eigenvalue weighted by Crippen LogP contribution is -2.32. The van der Waals surface area contributed by atoms with Crippen molar-refractivity contribution >= 4 is 34.2 Å². The molecule has 3 aromatic heterocycles. The lowest BCUT2D eigenvalue weighted by atomic mass is 10.1. The summed E-state index contributed by atoms with van der Waals surface area (Å²) in [5, 5.41) is 9.97. The van der Waals surface area contributed by atoms with Gasteiger partial charge in [-0.3, -0.25) is 9.59 Å². The smallest absolute Gasteiger partial charge is 0.252 e. The summed E-state index contributed by atoms with van der Waals surface area (Å²) in [4.78, 5) is 32.7. The number of aryl methyl sites for hydroxylation is 1. The Bertz CT molecular complexity index is 990. The molecule has 0 saturated carbocycles. The van der Waals surface area contributed by atoms with Crippen LogP contribution in [0.1, 0.15) is 36.5 Å². The van der Waals surface area contributed by atoms with Crippen LogP contribution in [-0.4, -0.2) is 51.1 Å². The number of carbonyl (C=O) groups is 2. The quantitative estimate of drug-likeness (QED) is 0.694. The van der Waals surface area contributed by atoms with E-state index in [0.29, 0.717) is 30.7 Å². The average molecular weight is 398 g/mol. The topological polar surface area (TPSA) is 80.1 Å². The number of thiophene rings is 1. The minimum Gasteiger partial charge on any atom is -0.351 e. The summed E-state index contributed by atoms with van der Waals surface area (Å²) in [7, 11) is 0. The molecule has 0 aromatic carbocycles. The number of likely N-dealkylation sites (tertiary alicyclic amines) is 1. The normalized spacial score (nSPS) is 14.0. The number of aromatic nitrogens is 3. The Hall–Kier alpha value is -2.74. The zero-order valence-corrected chi connectivity index (χ0v) is 16.7. The Kier molecular flexibility index (Phi) is 5.38. The molecule has 1 aliphatic rings. The maximum Gasteiger partial charge on any atom is 0.252 e. The van der Waals surface area contributed by atoms with Gasteiger partial charge in [-0.25, -0.2) is 9.67 Å². The van der Waals surface area contributed by atoms with E-state index in [1.807, 2.05) is 35.4 Å². The Balaban J connectivity index is 1.55. The molecule has 4 rings (SSSR count). The van der Waals surface area contributed by atoms with E-state index in [0.717, 1.165) is 41.9 Å². The molecule has 0 unspecified atom stereocenters. The predicted molar refractivity (Wildman–Crippen MR) is 109 cm³/mol. The number of pyridine rings is 1. The fraction of sp³-hybridized carbons (Fsp3) is 0.400. The van der Waals surface area contributed by atoms with Crippen LogP contribution in [0.3, 0.4) is 0 Å². The highest BCUT2D eigenvalue weighted by Crippen LogP contribution is 2.28. The summed E-state index contributed by atoms with van der Waals surface area (Å²) >= 11 is 1.58. The van der Waals surface area contributed by atoms with Crippen molar-refractivity contribution in [1.29, 1.82) is 0 Å². The molecule has 1 saturated heterocycles. The first-order valence-electron chi connectivity index (χ1n) is 9.63. The molecule has 4 heterocycles. The molecular weight excluding hydrogens is 374 g/mol. The van der Waals surface area contributed by atoms with Crippen molar-refractivity contribution in [3.63, 3.8) is 0 Å². The standard InChI is InChI=1S/C20H23N5O2S/c1-2-25-19-15(13-22-25)14(12-16(23-19)17-6-5-11-28-17)20(27)21-8-7-18(26)24-9-3-4-10-24/h5-6,11-13H,2-4,7-10H2,1H3,(H,21,27).